The van der Waals surface area contributed by atoms with Crippen molar-refractivity contribution in [2.45, 2.75) is 12.4 Å². The number of rotatable bonds is 8. The number of hydrogen-bond acceptors (Lipinski definition) is 6. The molecule has 1 aromatic carbocycles. The molecule has 1 heterocycles. The molecule has 0 fully saturated rings. The van der Waals surface area contributed by atoms with E-state index in [1.54, 1.807) is 12.1 Å². The van der Waals surface area contributed by atoms with Gasteiger partial charge in [0.25, 0.3) is 5.91 Å². The van der Waals surface area contributed by atoms with Crippen molar-refractivity contribution >= 4 is 17.8 Å². The molecule has 11 heteroatoms. The number of amides is 1. The van der Waals surface area contributed by atoms with Crippen LogP contribution in [0, 0.1) is 5.82 Å². The Morgan fingerprint density at radius 3 is 2.58 bits per heavy atom. The predicted molar refractivity (Wildman–Crippen MR) is 108 cm³/mol. The number of nitrogens with one attached hydrogen (secondary N) is 1. The van der Waals surface area contributed by atoms with Crippen LogP contribution in [0.2, 0.25) is 0 Å². The van der Waals surface area contributed by atoms with Crippen molar-refractivity contribution in [3.8, 4) is 11.5 Å². The number of hydrogen-bond donors (Lipinski definition) is 1. The molecule has 0 aliphatic heterocycles. The van der Waals surface area contributed by atoms with Crippen LogP contribution in [0.15, 0.2) is 53.8 Å². The van der Waals surface area contributed by atoms with E-state index in [1.807, 2.05) is 0 Å². The number of halogens is 4. The molecule has 0 saturated heterocycles. The first-order valence-corrected chi connectivity index (χ1v) is 9.44. The van der Waals surface area contributed by atoms with Gasteiger partial charge in [-0.1, -0.05) is 6.07 Å². The fraction of sp³-hybridized carbons (Fsp3) is 0.227. The molecule has 0 radical (unpaired) electrons. The molecule has 0 spiro atoms. The maximum Gasteiger partial charge on any atom is 0.573 e. The van der Waals surface area contributed by atoms with Crippen molar-refractivity contribution in [3.05, 3.63) is 70.8 Å². The molecule has 1 aromatic heterocycles. The van der Waals surface area contributed by atoms with Crippen LogP contribution < -0.4 is 14.8 Å². The molecular weight excluding hydrogens is 448 g/mol. The smallest absolute Gasteiger partial charge is 0.497 e. The summed E-state index contributed by atoms with van der Waals surface area (Å²) in [4.78, 5) is 28.9. The number of nitrogens with zero attached hydrogens (tertiary/aromatic N) is 1. The number of pyridine rings is 1. The maximum atomic E-state index is 14.1. The van der Waals surface area contributed by atoms with Crippen LogP contribution in [0.4, 0.5) is 17.6 Å². The summed E-state index contributed by atoms with van der Waals surface area (Å²) >= 11 is 0. The number of aromatic nitrogens is 1. The first-order chi connectivity index (χ1) is 15.6. The zero-order chi connectivity index (χ0) is 24.2. The van der Waals surface area contributed by atoms with Crippen molar-refractivity contribution in [2.24, 2.45) is 0 Å². The molecule has 174 valence electrons. The number of ketones is 1. The standard InChI is InChI=1S/C22H18F4N2O5/c1-31-11-18(12-3-4-20(17(23)7-12)33-22(24,25)26)28-21(30)16-10-19(29)15(16)9-13-8-14(32-2)5-6-27-13/h3-10,18H,11H2,1-2H3,(H,28,30). The molecule has 3 rings (SSSR count). The van der Waals surface area contributed by atoms with Crippen molar-refractivity contribution in [1.82, 2.24) is 10.3 Å². The summed E-state index contributed by atoms with van der Waals surface area (Å²) in [6.07, 6.45) is -1.01. The number of allylic oxidation sites excluding steroid dienone is 1. The summed E-state index contributed by atoms with van der Waals surface area (Å²) < 4.78 is 64.9. The molecule has 0 saturated carbocycles. The second kappa shape index (κ2) is 9.82. The molecule has 33 heavy (non-hydrogen) atoms. The summed E-state index contributed by atoms with van der Waals surface area (Å²) in [7, 11) is 2.81. The van der Waals surface area contributed by atoms with Gasteiger partial charge in [-0.15, -0.1) is 13.2 Å². The molecule has 1 unspecified atom stereocenters. The minimum atomic E-state index is -5.05. The maximum absolute atomic E-state index is 14.1. The van der Waals surface area contributed by atoms with Crippen LogP contribution in [-0.2, 0) is 14.3 Å². The molecule has 2 aromatic rings. The third-order valence-electron chi connectivity index (χ3n) is 4.58. The Bertz CT molecular complexity index is 1130. The van der Waals surface area contributed by atoms with Crippen molar-refractivity contribution in [3.63, 3.8) is 0 Å². The van der Waals surface area contributed by atoms with Gasteiger partial charge in [-0.2, -0.15) is 0 Å². The van der Waals surface area contributed by atoms with Gasteiger partial charge in [0.1, 0.15) is 5.75 Å². The Hall–Kier alpha value is -3.73. The van der Waals surface area contributed by atoms with Gasteiger partial charge in [0.2, 0.25) is 0 Å². The lowest BCUT2D eigenvalue weighted by Gasteiger charge is -2.23. The topological polar surface area (TPSA) is 86.8 Å². The molecular formula is C22H18F4N2O5. The second-order valence-electron chi connectivity index (χ2n) is 6.82. The summed E-state index contributed by atoms with van der Waals surface area (Å²) in [6.45, 7) is -0.109. The Kier molecular flexibility index (Phi) is 7.12. The van der Waals surface area contributed by atoms with Gasteiger partial charge in [0.05, 0.1) is 31.0 Å². The van der Waals surface area contributed by atoms with Crippen LogP contribution in [0.25, 0.3) is 6.08 Å². The molecule has 1 N–H and O–H groups in total. The number of alkyl halides is 3. The highest BCUT2D eigenvalue weighted by molar-refractivity contribution is 6.28. The molecule has 0 bridgehead atoms. The second-order valence-corrected chi connectivity index (χ2v) is 6.82. The normalized spacial score (nSPS) is 15.5. The molecule has 7 nitrogen and oxygen atoms in total. The van der Waals surface area contributed by atoms with E-state index in [-0.39, 0.29) is 29.1 Å². The van der Waals surface area contributed by atoms with Gasteiger partial charge in [0.15, 0.2) is 17.3 Å². The minimum absolute atomic E-state index is 0.0724. The number of carbonyl (C=O) groups is 2. The largest absolute Gasteiger partial charge is 0.573 e. The van der Waals surface area contributed by atoms with Crippen LogP contribution in [-0.4, -0.2) is 43.9 Å². The monoisotopic (exact) mass is 466 g/mol. The predicted octanol–water partition coefficient (Wildman–Crippen LogP) is 3.52. The lowest BCUT2D eigenvalue weighted by Crippen LogP contribution is -2.36. The van der Waals surface area contributed by atoms with E-state index in [1.165, 1.54) is 32.6 Å². The van der Waals surface area contributed by atoms with Crippen LogP contribution in [0.3, 0.4) is 0 Å². The number of carbonyl (C=O) groups excluding carboxylic acids is 2. The Morgan fingerprint density at radius 2 is 1.97 bits per heavy atom. The van der Waals surface area contributed by atoms with Crippen molar-refractivity contribution in [2.75, 3.05) is 20.8 Å². The lowest BCUT2D eigenvalue weighted by atomic mass is 9.88. The van der Waals surface area contributed by atoms with Gasteiger partial charge in [0, 0.05) is 24.9 Å². The van der Waals surface area contributed by atoms with Crippen LogP contribution in [0.5, 0.6) is 11.5 Å². The first-order valence-electron chi connectivity index (χ1n) is 9.44. The van der Waals surface area contributed by atoms with E-state index in [2.05, 4.69) is 15.0 Å². The van der Waals surface area contributed by atoms with Gasteiger partial charge in [-0.25, -0.2) is 4.39 Å². The average Bonchev–Trinajstić information content (AvgIpc) is 2.76. The summed E-state index contributed by atoms with van der Waals surface area (Å²) in [5.74, 6) is -2.78. The highest BCUT2D eigenvalue weighted by atomic mass is 19.4. The van der Waals surface area contributed by atoms with E-state index in [9.17, 15) is 27.2 Å². The van der Waals surface area contributed by atoms with Gasteiger partial charge in [-0.3, -0.25) is 14.6 Å². The first kappa shape index (κ1) is 23.9. The quantitative estimate of drug-likeness (QED) is 0.473. The fourth-order valence-corrected chi connectivity index (χ4v) is 3.03. The Balaban J connectivity index is 1.79. The highest BCUT2D eigenvalue weighted by Crippen LogP contribution is 2.30. The van der Waals surface area contributed by atoms with E-state index in [0.717, 1.165) is 18.2 Å². The number of benzene rings is 1. The summed E-state index contributed by atoms with van der Waals surface area (Å²) in [5, 5.41) is 2.59. The lowest BCUT2D eigenvalue weighted by molar-refractivity contribution is -0.275. The SMILES string of the molecule is COCC(NC(=O)C1=CC(=O)C1=Cc1cc(OC)ccn1)c1ccc(OC(F)(F)F)c(F)c1. The van der Waals surface area contributed by atoms with E-state index >= 15 is 0 Å². The zero-order valence-electron chi connectivity index (χ0n) is 17.4. The summed E-state index contributed by atoms with van der Waals surface area (Å²) in [6, 6.07) is 5.07. The molecule has 1 amide bonds. The van der Waals surface area contributed by atoms with Crippen LogP contribution >= 0.6 is 0 Å². The molecule has 1 aliphatic carbocycles. The van der Waals surface area contributed by atoms with Crippen molar-refractivity contribution in [1.29, 1.82) is 0 Å². The summed E-state index contributed by atoms with van der Waals surface area (Å²) in [5.41, 5.74) is 0.725. The van der Waals surface area contributed by atoms with Crippen molar-refractivity contribution < 1.29 is 41.4 Å². The minimum Gasteiger partial charge on any atom is -0.497 e. The van der Waals surface area contributed by atoms with Gasteiger partial charge < -0.3 is 19.5 Å². The van der Waals surface area contributed by atoms with Gasteiger partial charge in [-0.05, 0) is 35.9 Å². The van der Waals surface area contributed by atoms with E-state index in [0.29, 0.717) is 11.4 Å². The highest BCUT2D eigenvalue weighted by Gasteiger charge is 2.33. The van der Waals surface area contributed by atoms with Gasteiger partial charge >= 0.3 is 6.36 Å². The third-order valence-corrected chi connectivity index (χ3v) is 4.58. The van der Waals surface area contributed by atoms with E-state index in [4.69, 9.17) is 9.47 Å². The average molecular weight is 466 g/mol. The third kappa shape index (κ3) is 5.95. The number of ether oxygens (including phenoxy) is 3. The van der Waals surface area contributed by atoms with Crippen LogP contribution in [0.1, 0.15) is 17.3 Å². The fourth-order valence-electron chi connectivity index (χ4n) is 3.03. The van der Waals surface area contributed by atoms with E-state index < -0.39 is 29.9 Å². The number of methoxy groups -OCH3 is 2. The zero-order valence-corrected chi connectivity index (χ0v) is 17.4. The molecule has 1 atom stereocenters. The Labute approximate surface area is 185 Å². The molecule has 1 aliphatic rings. The Morgan fingerprint density at radius 1 is 1.21 bits per heavy atom.